The fourth-order valence-electron chi connectivity index (χ4n) is 1.76. The summed E-state index contributed by atoms with van der Waals surface area (Å²) in [5, 5.41) is 5.34. The molecule has 1 heterocycles. The Kier molecular flexibility index (Phi) is 5.34. The molecular formula is C14H14ClNO2S2. The molecule has 2 aromatic rings. The number of amides is 1. The molecule has 0 aliphatic rings. The van der Waals surface area contributed by atoms with E-state index in [-0.39, 0.29) is 5.91 Å². The lowest BCUT2D eigenvalue weighted by molar-refractivity contribution is -0.115. The van der Waals surface area contributed by atoms with Crippen molar-refractivity contribution in [1.29, 1.82) is 0 Å². The number of hydrogen-bond acceptors (Lipinski definition) is 3. The van der Waals surface area contributed by atoms with Gasteiger partial charge in [-0.25, -0.2) is 0 Å². The highest BCUT2D eigenvalue weighted by molar-refractivity contribution is 7.83. The van der Waals surface area contributed by atoms with Crippen LogP contribution in [0.4, 0.5) is 5.69 Å². The van der Waals surface area contributed by atoms with Crippen LogP contribution >= 0.6 is 22.9 Å². The maximum absolute atomic E-state index is 11.9. The normalized spacial score (nSPS) is 12.1. The molecule has 1 aromatic heterocycles. The van der Waals surface area contributed by atoms with Gasteiger partial charge in [0, 0.05) is 38.4 Å². The molecule has 2 rings (SSSR count). The Hall–Kier alpha value is -1.17. The van der Waals surface area contributed by atoms with Gasteiger partial charge in [-0.1, -0.05) is 17.7 Å². The highest BCUT2D eigenvalue weighted by Crippen LogP contribution is 2.22. The molecule has 1 N–H and O–H groups in total. The van der Waals surface area contributed by atoms with Crippen LogP contribution in [0, 0.1) is 0 Å². The van der Waals surface area contributed by atoms with E-state index in [1.807, 2.05) is 17.5 Å². The van der Waals surface area contributed by atoms with Gasteiger partial charge in [-0.2, -0.15) is 0 Å². The van der Waals surface area contributed by atoms with E-state index in [9.17, 15) is 9.00 Å². The number of halogens is 1. The smallest absolute Gasteiger partial charge is 0.229 e. The number of carbonyl (C=O) groups is 1. The molecule has 3 nitrogen and oxygen atoms in total. The number of anilines is 1. The number of benzene rings is 1. The summed E-state index contributed by atoms with van der Waals surface area (Å²) in [4.78, 5) is 12.9. The zero-order valence-electron chi connectivity index (χ0n) is 10.9. The van der Waals surface area contributed by atoms with E-state index in [2.05, 4.69) is 5.32 Å². The molecule has 0 fully saturated rings. The molecule has 1 unspecified atom stereocenters. The van der Waals surface area contributed by atoms with Crippen molar-refractivity contribution < 1.29 is 9.00 Å². The summed E-state index contributed by atoms with van der Waals surface area (Å²) in [6.07, 6.45) is 1.98. The Morgan fingerprint density at radius 3 is 2.85 bits per heavy atom. The average Bonchev–Trinajstić information content (AvgIpc) is 2.85. The molecule has 0 aliphatic heterocycles. The number of thiophene rings is 1. The second-order valence-corrected chi connectivity index (χ2v) is 7.20. The first-order chi connectivity index (χ1) is 9.54. The van der Waals surface area contributed by atoms with E-state index >= 15 is 0 Å². The van der Waals surface area contributed by atoms with Gasteiger partial charge in [0.1, 0.15) is 0 Å². The van der Waals surface area contributed by atoms with Crippen LogP contribution in [0.5, 0.6) is 0 Å². The molecule has 0 saturated heterocycles. The van der Waals surface area contributed by atoms with Crippen molar-refractivity contribution >= 4 is 45.3 Å². The van der Waals surface area contributed by atoms with E-state index in [1.54, 1.807) is 35.8 Å². The molecular weight excluding hydrogens is 314 g/mol. The van der Waals surface area contributed by atoms with Gasteiger partial charge in [0.2, 0.25) is 5.91 Å². The summed E-state index contributed by atoms with van der Waals surface area (Å²) >= 11 is 7.60. The highest BCUT2D eigenvalue weighted by atomic mass is 35.5. The van der Waals surface area contributed by atoms with Crippen LogP contribution in [0.15, 0.2) is 35.7 Å². The Labute approximate surface area is 129 Å². The molecule has 1 amide bonds. The summed E-state index contributed by atoms with van der Waals surface area (Å²) in [5.74, 6) is 0.311. The maximum Gasteiger partial charge on any atom is 0.229 e. The third-order valence-corrected chi connectivity index (χ3v) is 4.57. The lowest BCUT2D eigenvalue weighted by atomic mass is 10.2. The van der Waals surface area contributed by atoms with Crippen LogP contribution in [-0.4, -0.2) is 16.4 Å². The summed E-state index contributed by atoms with van der Waals surface area (Å²) in [6.45, 7) is 0. The number of nitrogens with one attached hydrogen (secondary N) is 1. The second-order valence-electron chi connectivity index (χ2n) is 4.33. The molecule has 1 atom stereocenters. The first kappa shape index (κ1) is 15.2. The fourth-order valence-corrected chi connectivity index (χ4v) is 3.40. The van der Waals surface area contributed by atoms with Gasteiger partial charge in [0.15, 0.2) is 0 Å². The van der Waals surface area contributed by atoms with Crippen LogP contribution in [-0.2, 0) is 27.8 Å². The van der Waals surface area contributed by atoms with Gasteiger partial charge in [-0.05, 0) is 35.2 Å². The molecule has 6 heteroatoms. The summed E-state index contributed by atoms with van der Waals surface area (Å²) in [6, 6.07) is 9.08. The zero-order chi connectivity index (χ0) is 14.5. The van der Waals surface area contributed by atoms with Crippen molar-refractivity contribution in [3.8, 4) is 0 Å². The quantitative estimate of drug-likeness (QED) is 0.914. The minimum atomic E-state index is -0.969. The Morgan fingerprint density at radius 1 is 1.40 bits per heavy atom. The monoisotopic (exact) mass is 327 g/mol. The van der Waals surface area contributed by atoms with E-state index in [4.69, 9.17) is 11.6 Å². The van der Waals surface area contributed by atoms with E-state index < -0.39 is 10.8 Å². The van der Waals surface area contributed by atoms with Crippen LogP contribution in [0.25, 0.3) is 0 Å². The van der Waals surface area contributed by atoms with Crippen LogP contribution in [0.1, 0.15) is 10.4 Å². The van der Waals surface area contributed by atoms with Crippen molar-refractivity contribution in [3.63, 3.8) is 0 Å². The topological polar surface area (TPSA) is 46.2 Å². The SMILES string of the molecule is CS(=O)Cc1cc(NC(=O)Cc2cccs2)ccc1Cl. The van der Waals surface area contributed by atoms with Gasteiger partial charge < -0.3 is 5.32 Å². The van der Waals surface area contributed by atoms with E-state index in [0.717, 1.165) is 10.4 Å². The Bertz CT molecular complexity index is 626. The minimum absolute atomic E-state index is 0.0710. The molecule has 0 bridgehead atoms. The van der Waals surface area contributed by atoms with E-state index in [1.165, 1.54) is 0 Å². The van der Waals surface area contributed by atoms with Gasteiger partial charge in [-0.3, -0.25) is 9.00 Å². The lowest BCUT2D eigenvalue weighted by Crippen LogP contribution is -2.13. The second kappa shape index (κ2) is 7.02. The van der Waals surface area contributed by atoms with Crippen molar-refractivity contribution in [2.45, 2.75) is 12.2 Å². The number of hydrogen-bond donors (Lipinski definition) is 1. The van der Waals surface area contributed by atoms with Crippen LogP contribution in [0.3, 0.4) is 0 Å². The van der Waals surface area contributed by atoms with Crippen molar-refractivity contribution in [3.05, 3.63) is 51.2 Å². The zero-order valence-corrected chi connectivity index (χ0v) is 13.3. The summed E-state index contributed by atoms with van der Waals surface area (Å²) < 4.78 is 11.3. The average molecular weight is 328 g/mol. The predicted molar refractivity (Wildman–Crippen MR) is 85.9 cm³/mol. The maximum atomic E-state index is 11.9. The molecule has 1 aromatic carbocycles. The van der Waals surface area contributed by atoms with Crippen molar-refractivity contribution in [2.75, 3.05) is 11.6 Å². The predicted octanol–water partition coefficient (Wildman–Crippen LogP) is 3.46. The fraction of sp³-hybridized carbons (Fsp3) is 0.214. The Morgan fingerprint density at radius 2 is 2.20 bits per heavy atom. The molecule has 20 heavy (non-hydrogen) atoms. The van der Waals surface area contributed by atoms with Crippen LogP contribution in [0.2, 0.25) is 5.02 Å². The number of rotatable bonds is 5. The molecule has 0 radical (unpaired) electrons. The first-order valence-corrected chi connectivity index (χ1v) is 8.94. The third-order valence-electron chi connectivity index (χ3n) is 2.60. The largest absolute Gasteiger partial charge is 0.326 e. The molecule has 106 valence electrons. The van der Waals surface area contributed by atoms with Gasteiger partial charge in [0.05, 0.1) is 6.42 Å². The first-order valence-electron chi connectivity index (χ1n) is 5.95. The van der Waals surface area contributed by atoms with Crippen LogP contribution < -0.4 is 5.32 Å². The Balaban J connectivity index is 2.05. The molecule has 0 aliphatic carbocycles. The summed E-state index contributed by atoms with van der Waals surface area (Å²) in [7, 11) is -0.969. The summed E-state index contributed by atoms with van der Waals surface area (Å²) in [5.41, 5.74) is 1.46. The van der Waals surface area contributed by atoms with Crippen molar-refractivity contribution in [2.24, 2.45) is 0 Å². The van der Waals surface area contributed by atoms with Crippen molar-refractivity contribution in [1.82, 2.24) is 0 Å². The molecule has 0 spiro atoms. The highest BCUT2D eigenvalue weighted by Gasteiger charge is 2.08. The molecule has 0 saturated carbocycles. The van der Waals surface area contributed by atoms with Gasteiger partial charge in [0.25, 0.3) is 0 Å². The third kappa shape index (κ3) is 4.44. The van der Waals surface area contributed by atoms with Gasteiger partial charge in [-0.15, -0.1) is 11.3 Å². The van der Waals surface area contributed by atoms with E-state index in [0.29, 0.717) is 22.9 Å². The lowest BCUT2D eigenvalue weighted by Gasteiger charge is -2.08. The standard InChI is InChI=1S/C14H14ClNO2S2/c1-20(18)9-10-7-11(4-5-13(10)15)16-14(17)8-12-3-2-6-19-12/h2-7H,8-9H2,1H3,(H,16,17). The number of carbonyl (C=O) groups excluding carboxylic acids is 1. The van der Waals surface area contributed by atoms with Gasteiger partial charge >= 0.3 is 0 Å². The minimum Gasteiger partial charge on any atom is -0.326 e.